The Morgan fingerprint density at radius 3 is 2.43 bits per heavy atom. The van der Waals surface area contributed by atoms with E-state index in [1.807, 2.05) is 42.5 Å². The fourth-order valence-electron chi connectivity index (χ4n) is 2.66. The Bertz CT molecular complexity index is 1060. The first-order chi connectivity index (χ1) is 14.6. The summed E-state index contributed by atoms with van der Waals surface area (Å²) >= 11 is 0. The van der Waals surface area contributed by atoms with E-state index in [4.69, 9.17) is 4.74 Å². The normalized spacial score (nSPS) is 10.7. The summed E-state index contributed by atoms with van der Waals surface area (Å²) in [5.74, 6) is 0.537. The maximum Gasteiger partial charge on any atom is 0.267 e. The molecule has 0 atom stereocenters. The summed E-state index contributed by atoms with van der Waals surface area (Å²) in [7, 11) is 0. The number of nitriles is 1. The number of halogens is 1. The van der Waals surface area contributed by atoms with Crippen LogP contribution in [0.4, 0.5) is 10.1 Å². The molecule has 0 aromatic heterocycles. The molecule has 0 saturated heterocycles. The highest BCUT2D eigenvalue weighted by atomic mass is 19.1. The number of benzene rings is 3. The smallest absolute Gasteiger partial charge is 0.267 e. The van der Waals surface area contributed by atoms with Gasteiger partial charge in [-0.3, -0.25) is 4.79 Å². The highest BCUT2D eigenvalue weighted by Crippen LogP contribution is 2.22. The quantitative estimate of drug-likeness (QED) is 0.323. The van der Waals surface area contributed by atoms with Gasteiger partial charge in [0.2, 0.25) is 0 Å². The van der Waals surface area contributed by atoms with Crippen LogP contribution in [0.25, 0.3) is 0 Å². The van der Waals surface area contributed by atoms with Crippen molar-refractivity contribution in [3.8, 4) is 17.6 Å². The Hall–Kier alpha value is -4.11. The third kappa shape index (κ3) is 6.21. The number of para-hydroxylation sites is 1. The summed E-state index contributed by atoms with van der Waals surface area (Å²) in [5, 5.41) is 14.8. The minimum Gasteiger partial charge on any atom is -0.457 e. The summed E-state index contributed by atoms with van der Waals surface area (Å²) in [4.78, 5) is 12.3. The third-order valence-corrected chi connectivity index (χ3v) is 4.15. The SMILES string of the molecule is N#C/C(=C/NCCc1cccc(F)c1)C(=O)Nc1ccc(Oc2ccccc2)cc1. The summed E-state index contributed by atoms with van der Waals surface area (Å²) in [6.45, 7) is 0.466. The lowest BCUT2D eigenvalue weighted by molar-refractivity contribution is -0.112. The molecule has 1 amide bonds. The summed E-state index contributed by atoms with van der Waals surface area (Å²) in [6.07, 6.45) is 1.93. The fraction of sp³-hybridized carbons (Fsp3) is 0.0833. The van der Waals surface area contributed by atoms with Gasteiger partial charge >= 0.3 is 0 Å². The largest absolute Gasteiger partial charge is 0.457 e. The van der Waals surface area contributed by atoms with E-state index in [0.29, 0.717) is 30.2 Å². The Kier molecular flexibility index (Phi) is 7.17. The molecule has 3 rings (SSSR count). The average Bonchev–Trinajstić information content (AvgIpc) is 2.76. The summed E-state index contributed by atoms with van der Waals surface area (Å²) < 4.78 is 18.9. The number of ether oxygens (including phenoxy) is 1. The number of nitrogens with one attached hydrogen (secondary N) is 2. The number of hydrogen-bond donors (Lipinski definition) is 2. The molecule has 0 fully saturated rings. The van der Waals surface area contributed by atoms with Crippen LogP contribution < -0.4 is 15.4 Å². The van der Waals surface area contributed by atoms with Crippen molar-refractivity contribution < 1.29 is 13.9 Å². The second kappa shape index (κ2) is 10.4. The van der Waals surface area contributed by atoms with Gasteiger partial charge in [-0.05, 0) is 60.5 Å². The number of nitrogens with zero attached hydrogens (tertiary/aromatic N) is 1. The van der Waals surface area contributed by atoms with E-state index in [9.17, 15) is 14.4 Å². The molecule has 30 heavy (non-hydrogen) atoms. The minimum atomic E-state index is -0.521. The molecule has 0 unspecified atom stereocenters. The van der Waals surface area contributed by atoms with E-state index >= 15 is 0 Å². The van der Waals surface area contributed by atoms with E-state index in [-0.39, 0.29) is 11.4 Å². The lowest BCUT2D eigenvalue weighted by Crippen LogP contribution is -2.18. The van der Waals surface area contributed by atoms with Crippen LogP contribution in [0.15, 0.2) is 90.6 Å². The monoisotopic (exact) mass is 401 g/mol. The zero-order valence-corrected chi connectivity index (χ0v) is 16.1. The first kappa shape index (κ1) is 20.6. The maximum absolute atomic E-state index is 13.2. The first-order valence-corrected chi connectivity index (χ1v) is 9.36. The molecule has 0 heterocycles. The van der Waals surface area contributed by atoms with Gasteiger partial charge in [-0.25, -0.2) is 4.39 Å². The second-order valence-corrected chi connectivity index (χ2v) is 6.40. The Morgan fingerprint density at radius 1 is 1.00 bits per heavy atom. The molecule has 0 aliphatic carbocycles. The molecule has 150 valence electrons. The molecule has 2 N–H and O–H groups in total. The van der Waals surface area contributed by atoms with E-state index in [0.717, 1.165) is 5.56 Å². The standard InChI is InChI=1S/C24H20FN3O2/c25-20-6-4-5-18(15-20)13-14-27-17-19(16-26)24(29)28-21-9-11-23(12-10-21)30-22-7-2-1-3-8-22/h1-12,15,17,27H,13-14H2,(H,28,29)/b19-17-. The third-order valence-electron chi connectivity index (χ3n) is 4.15. The molecule has 0 saturated carbocycles. The van der Waals surface area contributed by atoms with E-state index in [1.165, 1.54) is 18.3 Å². The predicted octanol–water partition coefficient (Wildman–Crippen LogP) is 4.80. The van der Waals surface area contributed by atoms with Gasteiger partial charge in [0.1, 0.15) is 29.0 Å². The molecule has 0 bridgehead atoms. The number of carbonyl (C=O) groups is 1. The summed E-state index contributed by atoms with van der Waals surface area (Å²) in [6, 6.07) is 24.4. The minimum absolute atomic E-state index is 0.0566. The van der Waals surface area contributed by atoms with Crippen LogP contribution in [0.1, 0.15) is 5.56 Å². The second-order valence-electron chi connectivity index (χ2n) is 6.40. The van der Waals surface area contributed by atoms with Crippen molar-refractivity contribution in [1.29, 1.82) is 5.26 Å². The topological polar surface area (TPSA) is 74.2 Å². The van der Waals surface area contributed by atoms with Gasteiger partial charge in [-0.1, -0.05) is 30.3 Å². The molecule has 0 spiro atoms. The van der Waals surface area contributed by atoms with Crippen LogP contribution in [-0.4, -0.2) is 12.5 Å². The molecule has 3 aromatic carbocycles. The Balaban J connectivity index is 1.51. The molecule has 0 aliphatic heterocycles. The van der Waals surface area contributed by atoms with Crippen molar-refractivity contribution in [2.75, 3.05) is 11.9 Å². The van der Waals surface area contributed by atoms with Gasteiger partial charge < -0.3 is 15.4 Å². The fourth-order valence-corrected chi connectivity index (χ4v) is 2.66. The predicted molar refractivity (Wildman–Crippen MR) is 113 cm³/mol. The van der Waals surface area contributed by atoms with Gasteiger partial charge in [0, 0.05) is 18.4 Å². The number of carbonyl (C=O) groups excluding carboxylic acids is 1. The van der Waals surface area contributed by atoms with E-state index in [1.54, 1.807) is 30.3 Å². The van der Waals surface area contributed by atoms with Crippen LogP contribution in [0.5, 0.6) is 11.5 Å². The van der Waals surface area contributed by atoms with Gasteiger partial charge in [-0.15, -0.1) is 0 Å². The molecule has 5 nitrogen and oxygen atoms in total. The van der Waals surface area contributed by atoms with Gasteiger partial charge in [-0.2, -0.15) is 5.26 Å². The van der Waals surface area contributed by atoms with Crippen molar-refractivity contribution in [2.45, 2.75) is 6.42 Å². The molecule has 6 heteroatoms. The maximum atomic E-state index is 13.2. The van der Waals surface area contributed by atoms with Crippen LogP contribution >= 0.6 is 0 Å². The summed E-state index contributed by atoms with van der Waals surface area (Å²) in [5.41, 5.74) is 1.32. The molecular formula is C24H20FN3O2. The molecular weight excluding hydrogens is 381 g/mol. The lowest BCUT2D eigenvalue weighted by atomic mass is 10.1. The highest BCUT2D eigenvalue weighted by Gasteiger charge is 2.09. The van der Waals surface area contributed by atoms with Crippen molar-refractivity contribution in [3.05, 3.63) is 102 Å². The van der Waals surface area contributed by atoms with Crippen LogP contribution in [-0.2, 0) is 11.2 Å². The molecule has 0 radical (unpaired) electrons. The van der Waals surface area contributed by atoms with E-state index < -0.39 is 5.91 Å². The number of hydrogen-bond acceptors (Lipinski definition) is 4. The van der Waals surface area contributed by atoms with Crippen LogP contribution in [0.3, 0.4) is 0 Å². The number of amides is 1. The zero-order chi connectivity index (χ0) is 21.2. The van der Waals surface area contributed by atoms with Gasteiger partial charge in [0.05, 0.1) is 0 Å². The lowest BCUT2D eigenvalue weighted by Gasteiger charge is -2.08. The van der Waals surface area contributed by atoms with E-state index in [2.05, 4.69) is 10.6 Å². The van der Waals surface area contributed by atoms with Crippen molar-refractivity contribution in [3.63, 3.8) is 0 Å². The Labute approximate surface area is 174 Å². The highest BCUT2D eigenvalue weighted by molar-refractivity contribution is 6.06. The molecule has 3 aromatic rings. The zero-order valence-electron chi connectivity index (χ0n) is 16.1. The van der Waals surface area contributed by atoms with Crippen molar-refractivity contribution in [2.24, 2.45) is 0 Å². The number of anilines is 1. The Morgan fingerprint density at radius 2 is 1.73 bits per heavy atom. The number of rotatable bonds is 8. The van der Waals surface area contributed by atoms with Crippen molar-refractivity contribution >= 4 is 11.6 Å². The average molecular weight is 401 g/mol. The molecule has 0 aliphatic rings. The first-order valence-electron chi connectivity index (χ1n) is 9.36. The van der Waals surface area contributed by atoms with Gasteiger partial charge in [0.15, 0.2) is 0 Å². The van der Waals surface area contributed by atoms with Crippen LogP contribution in [0, 0.1) is 17.1 Å². The van der Waals surface area contributed by atoms with Crippen molar-refractivity contribution in [1.82, 2.24) is 5.32 Å². The van der Waals surface area contributed by atoms with Gasteiger partial charge in [0.25, 0.3) is 5.91 Å². The van der Waals surface area contributed by atoms with Crippen LogP contribution in [0.2, 0.25) is 0 Å².